The van der Waals surface area contributed by atoms with Gasteiger partial charge in [-0.3, -0.25) is 0 Å². The SMILES string of the molecule is CCN1CCCc2cccc(CC3C(C)C(C)C(C)C3C)c21. The lowest BCUT2D eigenvalue weighted by molar-refractivity contribution is 0.319. The van der Waals surface area contributed by atoms with Gasteiger partial charge in [0.1, 0.15) is 0 Å². The highest BCUT2D eigenvalue weighted by atomic mass is 15.1. The Labute approximate surface area is 137 Å². The zero-order chi connectivity index (χ0) is 15.9. The van der Waals surface area contributed by atoms with Crippen LogP contribution in [0.15, 0.2) is 18.2 Å². The fraction of sp³-hybridized carbons (Fsp3) is 0.714. The zero-order valence-corrected chi connectivity index (χ0v) is 15.1. The van der Waals surface area contributed by atoms with Crippen molar-refractivity contribution in [2.24, 2.45) is 29.6 Å². The second-order valence-corrected chi connectivity index (χ2v) is 7.91. The van der Waals surface area contributed by atoms with E-state index in [-0.39, 0.29) is 0 Å². The van der Waals surface area contributed by atoms with Crippen LogP contribution in [0.5, 0.6) is 0 Å². The molecule has 1 aliphatic heterocycles. The molecule has 1 aromatic carbocycles. The largest absolute Gasteiger partial charge is 0.371 e. The Kier molecular flexibility index (Phi) is 4.52. The van der Waals surface area contributed by atoms with Gasteiger partial charge in [0.2, 0.25) is 0 Å². The van der Waals surface area contributed by atoms with E-state index in [0.29, 0.717) is 0 Å². The minimum Gasteiger partial charge on any atom is -0.371 e. The van der Waals surface area contributed by atoms with Gasteiger partial charge in [-0.25, -0.2) is 0 Å². The second kappa shape index (κ2) is 6.26. The highest BCUT2D eigenvalue weighted by Gasteiger charge is 2.41. The Morgan fingerprint density at radius 1 is 1.00 bits per heavy atom. The van der Waals surface area contributed by atoms with E-state index >= 15 is 0 Å². The van der Waals surface area contributed by atoms with Crippen LogP contribution in [0.1, 0.15) is 52.2 Å². The van der Waals surface area contributed by atoms with E-state index in [1.807, 2.05) is 0 Å². The minimum absolute atomic E-state index is 0.845. The molecule has 0 radical (unpaired) electrons. The quantitative estimate of drug-likeness (QED) is 0.743. The molecular formula is C21H33N. The monoisotopic (exact) mass is 299 g/mol. The lowest BCUT2D eigenvalue weighted by Gasteiger charge is -2.34. The van der Waals surface area contributed by atoms with Gasteiger partial charge in [-0.15, -0.1) is 0 Å². The summed E-state index contributed by atoms with van der Waals surface area (Å²) in [4.78, 5) is 2.62. The maximum Gasteiger partial charge on any atom is 0.0431 e. The third kappa shape index (κ3) is 2.57. The highest BCUT2D eigenvalue weighted by molar-refractivity contribution is 5.61. The number of aryl methyl sites for hydroxylation is 1. The molecule has 0 amide bonds. The molecule has 1 aliphatic carbocycles. The number of para-hydroxylation sites is 1. The van der Waals surface area contributed by atoms with Crippen molar-refractivity contribution in [3.05, 3.63) is 29.3 Å². The van der Waals surface area contributed by atoms with E-state index in [0.717, 1.165) is 36.1 Å². The number of nitrogens with zero attached hydrogens (tertiary/aromatic N) is 1. The van der Waals surface area contributed by atoms with Crippen LogP contribution >= 0.6 is 0 Å². The molecule has 3 rings (SSSR count). The number of anilines is 1. The topological polar surface area (TPSA) is 3.24 Å². The summed E-state index contributed by atoms with van der Waals surface area (Å²) in [6, 6.07) is 7.05. The predicted molar refractivity (Wildman–Crippen MR) is 96.5 cm³/mol. The second-order valence-electron chi connectivity index (χ2n) is 7.91. The summed E-state index contributed by atoms with van der Waals surface area (Å²) in [5.41, 5.74) is 4.79. The van der Waals surface area contributed by atoms with Crippen molar-refractivity contribution in [2.45, 2.75) is 53.9 Å². The maximum atomic E-state index is 2.62. The fourth-order valence-electron chi connectivity index (χ4n) is 5.15. The van der Waals surface area contributed by atoms with Gasteiger partial charge in [0.15, 0.2) is 0 Å². The van der Waals surface area contributed by atoms with Crippen LogP contribution in [0.25, 0.3) is 0 Å². The Bertz CT molecular complexity index is 507. The van der Waals surface area contributed by atoms with Gasteiger partial charge in [0, 0.05) is 18.8 Å². The summed E-state index contributed by atoms with van der Waals surface area (Å²) in [7, 11) is 0. The predicted octanol–water partition coefficient (Wildman–Crippen LogP) is 5.18. The number of benzene rings is 1. The molecule has 2 aliphatic rings. The van der Waals surface area contributed by atoms with E-state index in [4.69, 9.17) is 0 Å². The van der Waals surface area contributed by atoms with Gasteiger partial charge in [-0.1, -0.05) is 45.9 Å². The van der Waals surface area contributed by atoms with Gasteiger partial charge in [-0.05, 0) is 66.9 Å². The molecule has 122 valence electrons. The Balaban J connectivity index is 1.90. The molecule has 1 aromatic rings. The van der Waals surface area contributed by atoms with Crippen molar-refractivity contribution < 1.29 is 0 Å². The molecule has 0 spiro atoms. The van der Waals surface area contributed by atoms with Crippen molar-refractivity contribution >= 4 is 5.69 Å². The van der Waals surface area contributed by atoms with Gasteiger partial charge < -0.3 is 4.90 Å². The average molecular weight is 300 g/mol. The molecule has 1 fully saturated rings. The summed E-state index contributed by atoms with van der Waals surface area (Å²) in [6.45, 7) is 14.6. The fourth-order valence-corrected chi connectivity index (χ4v) is 5.15. The lowest BCUT2D eigenvalue weighted by Crippen LogP contribution is -2.30. The number of hydrogen-bond acceptors (Lipinski definition) is 1. The zero-order valence-electron chi connectivity index (χ0n) is 15.1. The van der Waals surface area contributed by atoms with Crippen molar-refractivity contribution in [1.29, 1.82) is 0 Å². The summed E-state index contributed by atoms with van der Waals surface area (Å²) >= 11 is 0. The molecule has 0 N–H and O–H groups in total. The Morgan fingerprint density at radius 2 is 1.68 bits per heavy atom. The smallest absolute Gasteiger partial charge is 0.0431 e. The molecule has 1 heterocycles. The number of fused-ring (bicyclic) bond motifs is 1. The van der Waals surface area contributed by atoms with Gasteiger partial charge in [0.25, 0.3) is 0 Å². The Morgan fingerprint density at radius 3 is 2.32 bits per heavy atom. The first kappa shape index (κ1) is 15.9. The highest BCUT2D eigenvalue weighted by Crippen LogP contribution is 2.47. The number of rotatable bonds is 3. The average Bonchev–Trinajstić information content (AvgIpc) is 2.72. The third-order valence-corrected chi connectivity index (χ3v) is 7.07. The van der Waals surface area contributed by atoms with Crippen molar-refractivity contribution in [3.63, 3.8) is 0 Å². The van der Waals surface area contributed by atoms with E-state index in [1.54, 1.807) is 16.8 Å². The summed E-state index contributed by atoms with van der Waals surface area (Å²) in [5, 5.41) is 0. The van der Waals surface area contributed by atoms with E-state index < -0.39 is 0 Å². The van der Waals surface area contributed by atoms with Crippen molar-refractivity contribution in [3.8, 4) is 0 Å². The molecule has 0 aromatic heterocycles. The first-order chi connectivity index (χ1) is 10.5. The molecule has 1 heteroatoms. The Hall–Kier alpha value is -0.980. The lowest BCUT2D eigenvalue weighted by atomic mass is 9.82. The molecule has 1 nitrogen and oxygen atoms in total. The minimum atomic E-state index is 0.845. The standard InChI is InChI=1S/C21H33N/c1-6-22-12-8-11-18-9-7-10-19(21(18)22)13-20-16(4)14(2)15(3)17(20)5/h7,9-10,14-17,20H,6,8,11-13H2,1-5H3. The number of hydrogen-bond donors (Lipinski definition) is 0. The normalized spacial score (nSPS) is 34.8. The molecule has 0 bridgehead atoms. The van der Waals surface area contributed by atoms with Crippen LogP contribution in [0, 0.1) is 29.6 Å². The van der Waals surface area contributed by atoms with Crippen LogP contribution in [-0.2, 0) is 12.8 Å². The van der Waals surface area contributed by atoms with Gasteiger partial charge in [0.05, 0.1) is 0 Å². The molecule has 0 saturated heterocycles. The molecule has 4 unspecified atom stereocenters. The maximum absolute atomic E-state index is 2.62. The molecule has 22 heavy (non-hydrogen) atoms. The van der Waals surface area contributed by atoms with E-state index in [1.165, 1.54) is 25.8 Å². The molecule has 4 atom stereocenters. The van der Waals surface area contributed by atoms with Crippen molar-refractivity contribution in [1.82, 2.24) is 0 Å². The summed E-state index contributed by atoms with van der Waals surface area (Å²) in [5.74, 6) is 4.26. The molecule has 1 saturated carbocycles. The third-order valence-electron chi connectivity index (χ3n) is 7.07. The van der Waals surface area contributed by atoms with E-state index in [2.05, 4.69) is 57.7 Å². The van der Waals surface area contributed by atoms with E-state index in [9.17, 15) is 0 Å². The summed E-state index contributed by atoms with van der Waals surface area (Å²) in [6.07, 6.45) is 3.85. The van der Waals surface area contributed by atoms with Crippen LogP contribution in [0.4, 0.5) is 5.69 Å². The first-order valence-corrected chi connectivity index (χ1v) is 9.40. The van der Waals surface area contributed by atoms with Crippen LogP contribution in [0.3, 0.4) is 0 Å². The van der Waals surface area contributed by atoms with Crippen molar-refractivity contribution in [2.75, 3.05) is 18.0 Å². The van der Waals surface area contributed by atoms with Crippen LogP contribution in [-0.4, -0.2) is 13.1 Å². The summed E-state index contributed by atoms with van der Waals surface area (Å²) < 4.78 is 0. The van der Waals surface area contributed by atoms with Crippen LogP contribution < -0.4 is 4.90 Å². The van der Waals surface area contributed by atoms with Gasteiger partial charge >= 0.3 is 0 Å². The molecular weight excluding hydrogens is 266 g/mol. The van der Waals surface area contributed by atoms with Gasteiger partial charge in [-0.2, -0.15) is 0 Å². The first-order valence-electron chi connectivity index (χ1n) is 9.40. The van der Waals surface area contributed by atoms with Crippen LogP contribution in [0.2, 0.25) is 0 Å².